The first-order valence-electron chi connectivity index (χ1n) is 8.47. The van der Waals surface area contributed by atoms with Gasteiger partial charge >= 0.3 is 0 Å². The largest absolute Gasteiger partial charge is 0.298 e. The van der Waals surface area contributed by atoms with Gasteiger partial charge in [0.25, 0.3) is 5.91 Å². The van der Waals surface area contributed by atoms with Gasteiger partial charge in [0.05, 0.1) is 11.4 Å². The second-order valence-electron chi connectivity index (χ2n) is 6.31. The van der Waals surface area contributed by atoms with E-state index in [4.69, 9.17) is 0 Å². The molecule has 2 aromatic carbocycles. The molecule has 5 nitrogen and oxygen atoms in total. The Morgan fingerprint density at radius 1 is 1.11 bits per heavy atom. The van der Waals surface area contributed by atoms with E-state index < -0.39 is 9.84 Å². The van der Waals surface area contributed by atoms with Crippen molar-refractivity contribution in [2.24, 2.45) is 0 Å². The van der Waals surface area contributed by atoms with Gasteiger partial charge in [0.15, 0.2) is 15.0 Å². The number of carbonyl (C=O) groups is 1. The first-order valence-corrected chi connectivity index (χ1v) is 11.4. The summed E-state index contributed by atoms with van der Waals surface area (Å²) in [6.45, 7) is 2.11. The topological polar surface area (TPSA) is 76.1 Å². The van der Waals surface area contributed by atoms with E-state index in [1.54, 1.807) is 24.3 Å². The molecular formula is C20H20N2O3S2. The smallest absolute Gasteiger partial charge is 0.257 e. The number of sulfone groups is 1. The Morgan fingerprint density at radius 3 is 2.52 bits per heavy atom. The number of amides is 1. The number of benzene rings is 2. The van der Waals surface area contributed by atoms with Crippen molar-refractivity contribution in [2.45, 2.75) is 19.1 Å². The summed E-state index contributed by atoms with van der Waals surface area (Å²) in [4.78, 5) is 16.9. The van der Waals surface area contributed by atoms with E-state index in [0.717, 1.165) is 17.7 Å². The molecule has 0 aliphatic heterocycles. The van der Waals surface area contributed by atoms with Crippen molar-refractivity contribution >= 4 is 32.2 Å². The van der Waals surface area contributed by atoms with Gasteiger partial charge in [-0.15, -0.1) is 11.3 Å². The number of nitrogens with one attached hydrogen (secondary N) is 1. The van der Waals surface area contributed by atoms with E-state index in [-0.39, 0.29) is 11.7 Å². The van der Waals surface area contributed by atoms with Gasteiger partial charge in [0.2, 0.25) is 0 Å². The van der Waals surface area contributed by atoms with E-state index in [0.29, 0.717) is 16.3 Å². The van der Waals surface area contributed by atoms with Crippen LogP contribution >= 0.6 is 11.3 Å². The van der Waals surface area contributed by atoms with Crippen LogP contribution in [0, 0.1) is 0 Å². The van der Waals surface area contributed by atoms with Crippen LogP contribution in [0.25, 0.3) is 11.3 Å². The Labute approximate surface area is 163 Å². The highest BCUT2D eigenvalue weighted by molar-refractivity contribution is 7.89. The molecule has 0 bridgehead atoms. The van der Waals surface area contributed by atoms with Crippen molar-refractivity contribution in [1.29, 1.82) is 0 Å². The highest BCUT2D eigenvalue weighted by Gasteiger charge is 2.12. The van der Waals surface area contributed by atoms with Gasteiger partial charge in [-0.1, -0.05) is 43.3 Å². The summed E-state index contributed by atoms with van der Waals surface area (Å²) in [6, 6.07) is 14.8. The number of thiazole rings is 1. The molecular weight excluding hydrogens is 380 g/mol. The van der Waals surface area contributed by atoms with Gasteiger partial charge < -0.3 is 0 Å². The van der Waals surface area contributed by atoms with Gasteiger partial charge in [0.1, 0.15) is 0 Å². The van der Waals surface area contributed by atoms with Crippen molar-refractivity contribution in [3.63, 3.8) is 0 Å². The maximum atomic E-state index is 12.5. The van der Waals surface area contributed by atoms with Crippen molar-refractivity contribution in [1.82, 2.24) is 4.98 Å². The summed E-state index contributed by atoms with van der Waals surface area (Å²) in [6.07, 6.45) is 2.15. The second kappa shape index (κ2) is 8.02. The Bertz CT molecular complexity index is 1050. The molecule has 1 aromatic heterocycles. The van der Waals surface area contributed by atoms with E-state index in [9.17, 15) is 13.2 Å². The molecule has 0 saturated carbocycles. The van der Waals surface area contributed by atoms with Crippen LogP contribution in [-0.4, -0.2) is 25.6 Å². The van der Waals surface area contributed by atoms with Crippen LogP contribution in [-0.2, 0) is 22.0 Å². The highest BCUT2D eigenvalue weighted by Crippen LogP contribution is 2.25. The molecule has 1 heterocycles. The van der Waals surface area contributed by atoms with Crippen LogP contribution in [0.3, 0.4) is 0 Å². The summed E-state index contributed by atoms with van der Waals surface area (Å²) >= 11 is 1.35. The van der Waals surface area contributed by atoms with Crippen LogP contribution in [0.2, 0.25) is 0 Å². The molecule has 0 fully saturated rings. The maximum absolute atomic E-state index is 12.5. The third kappa shape index (κ3) is 5.24. The average Bonchev–Trinajstić information content (AvgIpc) is 3.09. The number of anilines is 1. The second-order valence-corrected chi connectivity index (χ2v) is 9.31. The SMILES string of the molecule is CCc1ccc(-c2csc(NC(=O)c3cccc(CS(C)(=O)=O)c3)n2)cc1. The quantitative estimate of drug-likeness (QED) is 0.674. The molecule has 0 atom stereocenters. The molecule has 3 aromatic rings. The minimum absolute atomic E-state index is 0.0940. The Balaban J connectivity index is 1.73. The predicted molar refractivity (Wildman–Crippen MR) is 110 cm³/mol. The average molecular weight is 401 g/mol. The first kappa shape index (κ1) is 19.3. The molecule has 1 amide bonds. The Kier molecular flexibility index (Phi) is 5.72. The molecule has 140 valence electrons. The van der Waals surface area contributed by atoms with Crippen LogP contribution in [0.4, 0.5) is 5.13 Å². The lowest BCUT2D eigenvalue weighted by molar-refractivity contribution is 0.102. The van der Waals surface area contributed by atoms with Crippen LogP contribution in [0.1, 0.15) is 28.4 Å². The zero-order valence-electron chi connectivity index (χ0n) is 15.1. The number of rotatable bonds is 6. The zero-order chi connectivity index (χ0) is 19.4. The molecule has 0 unspecified atom stereocenters. The molecule has 3 rings (SSSR count). The maximum Gasteiger partial charge on any atom is 0.257 e. The van der Waals surface area contributed by atoms with Gasteiger partial charge in [0, 0.05) is 22.8 Å². The highest BCUT2D eigenvalue weighted by atomic mass is 32.2. The third-order valence-electron chi connectivity index (χ3n) is 4.00. The molecule has 0 radical (unpaired) electrons. The monoisotopic (exact) mass is 400 g/mol. The van der Waals surface area contributed by atoms with Crippen molar-refractivity contribution in [3.05, 3.63) is 70.6 Å². The molecule has 0 aliphatic rings. The molecule has 0 saturated heterocycles. The normalized spacial score (nSPS) is 11.3. The zero-order valence-corrected chi connectivity index (χ0v) is 16.7. The van der Waals surface area contributed by atoms with Gasteiger partial charge in [-0.3, -0.25) is 10.1 Å². The van der Waals surface area contributed by atoms with Crippen LogP contribution in [0.15, 0.2) is 53.9 Å². The van der Waals surface area contributed by atoms with E-state index >= 15 is 0 Å². The van der Waals surface area contributed by atoms with Crippen molar-refractivity contribution in [3.8, 4) is 11.3 Å². The standard InChI is InChI=1S/C20H20N2O3S2/c1-3-14-7-9-16(10-8-14)18-12-26-20(21-18)22-19(23)17-6-4-5-15(11-17)13-27(2,24)25/h4-12H,3,13H2,1-2H3,(H,21,22,23). The third-order valence-corrected chi connectivity index (χ3v) is 5.62. The fraction of sp³-hybridized carbons (Fsp3) is 0.200. The van der Waals surface area contributed by atoms with E-state index in [1.807, 2.05) is 17.5 Å². The van der Waals surface area contributed by atoms with Gasteiger partial charge in [-0.2, -0.15) is 0 Å². The summed E-state index contributed by atoms with van der Waals surface area (Å²) in [5.74, 6) is -0.406. The lowest BCUT2D eigenvalue weighted by Crippen LogP contribution is -2.12. The Morgan fingerprint density at radius 2 is 1.85 bits per heavy atom. The number of hydrogen-bond donors (Lipinski definition) is 1. The fourth-order valence-corrected chi connectivity index (χ4v) is 4.15. The van der Waals surface area contributed by atoms with Gasteiger partial charge in [-0.25, -0.2) is 13.4 Å². The van der Waals surface area contributed by atoms with Crippen molar-refractivity contribution in [2.75, 3.05) is 11.6 Å². The van der Waals surface area contributed by atoms with Gasteiger partial charge in [-0.05, 0) is 29.7 Å². The van der Waals surface area contributed by atoms with Crippen molar-refractivity contribution < 1.29 is 13.2 Å². The molecule has 1 N–H and O–H groups in total. The fourth-order valence-electron chi connectivity index (χ4n) is 2.65. The first-order chi connectivity index (χ1) is 12.8. The predicted octanol–water partition coefficient (Wildman–Crippen LogP) is 4.17. The summed E-state index contributed by atoms with van der Waals surface area (Å²) in [7, 11) is -3.15. The number of carbonyl (C=O) groups excluding carboxylic acids is 1. The van der Waals surface area contributed by atoms with E-state index in [2.05, 4.69) is 29.4 Å². The Hall–Kier alpha value is -2.51. The molecule has 7 heteroatoms. The summed E-state index contributed by atoms with van der Waals surface area (Å²) in [5.41, 5.74) is 4.06. The number of hydrogen-bond acceptors (Lipinski definition) is 5. The molecule has 0 spiro atoms. The van der Waals surface area contributed by atoms with Crippen LogP contribution < -0.4 is 5.32 Å². The van der Waals surface area contributed by atoms with Crippen LogP contribution in [0.5, 0.6) is 0 Å². The lowest BCUT2D eigenvalue weighted by atomic mass is 10.1. The molecule has 27 heavy (non-hydrogen) atoms. The minimum atomic E-state index is -3.15. The number of aryl methyl sites for hydroxylation is 1. The number of aromatic nitrogens is 1. The lowest BCUT2D eigenvalue weighted by Gasteiger charge is -2.05. The summed E-state index contributed by atoms with van der Waals surface area (Å²) < 4.78 is 22.9. The van der Waals surface area contributed by atoms with E-state index in [1.165, 1.54) is 23.2 Å². The summed E-state index contributed by atoms with van der Waals surface area (Å²) in [5, 5.41) is 5.18. The minimum Gasteiger partial charge on any atom is -0.298 e. The number of nitrogens with zero attached hydrogens (tertiary/aromatic N) is 1. The molecule has 0 aliphatic carbocycles.